The van der Waals surface area contributed by atoms with Crippen molar-refractivity contribution in [3.05, 3.63) is 85.3 Å². The second kappa shape index (κ2) is 9.39. The van der Waals surface area contributed by atoms with Crippen LogP contribution in [-0.2, 0) is 11.3 Å². The second-order valence-electron chi connectivity index (χ2n) is 6.55. The summed E-state index contributed by atoms with van der Waals surface area (Å²) in [6, 6.07) is 9.45. The van der Waals surface area contributed by atoms with Crippen molar-refractivity contribution in [1.29, 1.82) is 0 Å². The van der Waals surface area contributed by atoms with E-state index in [-0.39, 0.29) is 5.76 Å². The molecule has 0 aliphatic carbocycles. The maximum absolute atomic E-state index is 12.2. The third kappa shape index (κ3) is 5.45. The van der Waals surface area contributed by atoms with Gasteiger partial charge in [-0.25, -0.2) is 0 Å². The summed E-state index contributed by atoms with van der Waals surface area (Å²) in [5.41, 5.74) is 7.78. The van der Waals surface area contributed by atoms with Crippen LogP contribution in [0.3, 0.4) is 0 Å². The highest BCUT2D eigenvalue weighted by Gasteiger charge is 2.11. The number of amides is 2. The number of aromatic nitrogens is 2. The van der Waals surface area contributed by atoms with Gasteiger partial charge in [0.1, 0.15) is 10.7 Å². The van der Waals surface area contributed by atoms with E-state index in [0.717, 1.165) is 27.5 Å². The summed E-state index contributed by atoms with van der Waals surface area (Å²) in [5, 5.41) is 15.0. The first-order valence-corrected chi connectivity index (χ1v) is 9.85. The zero-order chi connectivity index (χ0) is 22.5. The molecule has 11 heteroatoms. The number of carbonyl (C=O) groups excluding carboxylic acids is 2. The molecule has 3 aromatic rings. The molecule has 0 saturated heterocycles. The van der Waals surface area contributed by atoms with E-state index in [1.807, 2.05) is 30.7 Å². The number of rotatable bonds is 6. The Morgan fingerprint density at radius 2 is 1.90 bits per heavy atom. The van der Waals surface area contributed by atoms with Crippen molar-refractivity contribution in [1.82, 2.24) is 20.6 Å². The summed E-state index contributed by atoms with van der Waals surface area (Å²) < 4.78 is 7.74. The van der Waals surface area contributed by atoms with Crippen molar-refractivity contribution in [2.75, 3.05) is 0 Å². The van der Waals surface area contributed by atoms with Crippen LogP contribution in [0.2, 0.25) is 0 Å². The lowest BCUT2D eigenvalue weighted by atomic mass is 10.1. The van der Waals surface area contributed by atoms with E-state index in [9.17, 15) is 19.7 Å². The zero-order valence-electron chi connectivity index (χ0n) is 16.6. The van der Waals surface area contributed by atoms with Crippen LogP contribution in [0.15, 0.2) is 51.4 Å². The Morgan fingerprint density at radius 3 is 2.48 bits per heavy atom. The molecule has 0 saturated carbocycles. The van der Waals surface area contributed by atoms with E-state index in [1.54, 1.807) is 12.1 Å². The number of hydrogen-bond donors (Lipinski definition) is 2. The molecule has 2 amide bonds. The minimum atomic E-state index is -0.681. The molecule has 0 atom stereocenters. The summed E-state index contributed by atoms with van der Waals surface area (Å²) in [7, 11) is 0. The minimum Gasteiger partial charge on any atom is -0.401 e. The average Bonchev–Trinajstić information content (AvgIpc) is 3.32. The molecule has 0 bridgehead atoms. The van der Waals surface area contributed by atoms with Crippen LogP contribution in [0.25, 0.3) is 6.08 Å². The monoisotopic (exact) mass is 487 g/mol. The van der Waals surface area contributed by atoms with Gasteiger partial charge in [0.05, 0.1) is 28.5 Å². The predicted molar refractivity (Wildman–Crippen MR) is 115 cm³/mol. The fourth-order valence-electron chi connectivity index (χ4n) is 2.68. The average molecular weight is 488 g/mol. The topological polar surface area (TPSA) is 132 Å². The summed E-state index contributed by atoms with van der Waals surface area (Å²) in [4.78, 5) is 33.9. The van der Waals surface area contributed by atoms with Gasteiger partial charge in [-0.05, 0) is 59.6 Å². The fourth-order valence-corrected chi connectivity index (χ4v) is 2.97. The smallest absolute Gasteiger partial charge is 0.401 e. The van der Waals surface area contributed by atoms with Crippen LogP contribution in [0, 0.1) is 24.0 Å². The Kier molecular flexibility index (Phi) is 6.65. The number of hydrazine groups is 1. The highest BCUT2D eigenvalue weighted by atomic mass is 79.9. The van der Waals surface area contributed by atoms with Gasteiger partial charge in [-0.1, -0.05) is 12.1 Å². The molecule has 10 nitrogen and oxygen atoms in total. The number of carbonyl (C=O) groups is 2. The molecule has 1 aromatic carbocycles. The van der Waals surface area contributed by atoms with Gasteiger partial charge in [-0.2, -0.15) is 5.10 Å². The Hall–Kier alpha value is -3.73. The molecule has 31 heavy (non-hydrogen) atoms. The van der Waals surface area contributed by atoms with Gasteiger partial charge >= 0.3 is 5.88 Å². The van der Waals surface area contributed by atoms with Crippen LogP contribution in [0.1, 0.15) is 33.1 Å². The Labute approximate surface area is 185 Å². The Balaban J connectivity index is 1.53. The van der Waals surface area contributed by atoms with Gasteiger partial charge in [-0.3, -0.25) is 35.2 Å². The number of halogens is 1. The molecule has 0 fully saturated rings. The molecule has 0 unspecified atom stereocenters. The molecular formula is C20H18BrN5O5. The normalized spacial score (nSPS) is 10.9. The number of aryl methyl sites for hydroxylation is 1. The maximum Gasteiger partial charge on any atom is 0.433 e. The molecule has 0 aliphatic heterocycles. The lowest BCUT2D eigenvalue weighted by molar-refractivity contribution is -0.402. The molecule has 2 aromatic heterocycles. The van der Waals surface area contributed by atoms with Crippen LogP contribution in [0.5, 0.6) is 0 Å². The molecule has 0 radical (unpaired) electrons. The third-order valence-corrected chi connectivity index (χ3v) is 5.48. The van der Waals surface area contributed by atoms with Crippen molar-refractivity contribution in [3.63, 3.8) is 0 Å². The van der Waals surface area contributed by atoms with Gasteiger partial charge in [0.25, 0.3) is 11.8 Å². The number of nitrogens with zero attached hydrogens (tertiary/aromatic N) is 3. The molecule has 3 rings (SSSR count). The first-order chi connectivity index (χ1) is 14.7. The lowest BCUT2D eigenvalue weighted by Crippen LogP contribution is -2.40. The largest absolute Gasteiger partial charge is 0.433 e. The van der Waals surface area contributed by atoms with E-state index in [2.05, 4.69) is 31.9 Å². The van der Waals surface area contributed by atoms with Crippen LogP contribution < -0.4 is 10.9 Å². The third-order valence-electron chi connectivity index (χ3n) is 4.33. The standard InChI is InChI=1S/C20H18BrN5O5/c1-12-19(21)13(2)25(24-12)11-14-3-5-15(6-4-14)20(28)23-22-17(27)9-7-16-8-10-18(31-16)26(29)30/h3-10H,11H2,1-2H3,(H,22,27)(H,23,28)/b9-7+. The summed E-state index contributed by atoms with van der Waals surface area (Å²) >= 11 is 3.50. The van der Waals surface area contributed by atoms with E-state index < -0.39 is 22.6 Å². The minimum absolute atomic E-state index is 0.137. The number of benzene rings is 1. The zero-order valence-corrected chi connectivity index (χ0v) is 18.2. The number of furan rings is 1. The van der Waals surface area contributed by atoms with Crippen molar-refractivity contribution >= 4 is 39.7 Å². The van der Waals surface area contributed by atoms with Gasteiger partial charge in [-0.15, -0.1) is 0 Å². The SMILES string of the molecule is Cc1nn(Cc2ccc(C(=O)NNC(=O)/C=C/c3ccc([N+](=O)[O-])o3)cc2)c(C)c1Br. The lowest BCUT2D eigenvalue weighted by Gasteiger charge is -2.08. The number of nitrogens with one attached hydrogen (secondary N) is 2. The summed E-state index contributed by atoms with van der Waals surface area (Å²) in [6.45, 7) is 4.45. The predicted octanol–water partition coefficient (Wildman–Crippen LogP) is 3.29. The van der Waals surface area contributed by atoms with E-state index in [1.165, 1.54) is 18.2 Å². The van der Waals surface area contributed by atoms with Gasteiger partial charge in [0.2, 0.25) is 0 Å². The van der Waals surface area contributed by atoms with E-state index in [0.29, 0.717) is 12.1 Å². The molecule has 0 aliphatic rings. The molecule has 0 spiro atoms. The van der Waals surface area contributed by atoms with Gasteiger partial charge < -0.3 is 4.42 Å². The quantitative estimate of drug-likeness (QED) is 0.311. The molecular weight excluding hydrogens is 470 g/mol. The van der Waals surface area contributed by atoms with Crippen LogP contribution >= 0.6 is 15.9 Å². The first kappa shape index (κ1) is 22.0. The van der Waals surface area contributed by atoms with Gasteiger partial charge in [0.15, 0.2) is 0 Å². The van der Waals surface area contributed by atoms with E-state index >= 15 is 0 Å². The second-order valence-corrected chi connectivity index (χ2v) is 7.34. The van der Waals surface area contributed by atoms with E-state index in [4.69, 9.17) is 4.42 Å². The number of nitro groups is 1. The molecule has 160 valence electrons. The molecule has 2 heterocycles. The van der Waals surface area contributed by atoms with Crippen molar-refractivity contribution in [2.45, 2.75) is 20.4 Å². The maximum atomic E-state index is 12.2. The first-order valence-electron chi connectivity index (χ1n) is 9.05. The van der Waals surface area contributed by atoms with Crippen molar-refractivity contribution in [2.24, 2.45) is 0 Å². The highest BCUT2D eigenvalue weighted by molar-refractivity contribution is 9.10. The van der Waals surface area contributed by atoms with Crippen LogP contribution in [0.4, 0.5) is 5.88 Å². The summed E-state index contributed by atoms with van der Waals surface area (Å²) in [5.74, 6) is -1.41. The Morgan fingerprint density at radius 1 is 1.19 bits per heavy atom. The van der Waals surface area contributed by atoms with Crippen molar-refractivity contribution < 1.29 is 18.9 Å². The fraction of sp³-hybridized carbons (Fsp3) is 0.150. The van der Waals surface area contributed by atoms with Gasteiger partial charge in [0, 0.05) is 11.6 Å². The highest BCUT2D eigenvalue weighted by Crippen LogP contribution is 2.20. The van der Waals surface area contributed by atoms with Crippen molar-refractivity contribution in [3.8, 4) is 0 Å². The summed E-state index contributed by atoms with van der Waals surface area (Å²) in [6.07, 6.45) is 2.33. The number of hydrogen-bond acceptors (Lipinski definition) is 6. The van der Waals surface area contributed by atoms with Crippen LogP contribution in [-0.4, -0.2) is 26.5 Å². The Bertz CT molecular complexity index is 1160. The molecule has 2 N–H and O–H groups in total.